The number of ether oxygens (including phenoxy) is 3. The summed E-state index contributed by atoms with van der Waals surface area (Å²) in [5.41, 5.74) is 0. The number of hydrogen-bond acceptors (Lipinski definition) is 7. The van der Waals surface area contributed by atoms with Crippen molar-refractivity contribution in [2.24, 2.45) is 0 Å². The molecule has 0 fully saturated rings. The molecular weight excluding hydrogens is 751 g/mol. The molecule has 348 valence electrons. The molecule has 0 bridgehead atoms. The van der Waals surface area contributed by atoms with Gasteiger partial charge in [-0.1, -0.05) is 178 Å². The molecule has 0 saturated heterocycles. The zero-order valence-electron chi connectivity index (χ0n) is 39.6. The number of likely N-dealkylation sites (N-methyl/N-ethyl adjacent to an activating group) is 1. The smallest absolute Gasteiger partial charge is 0.306 e. The van der Waals surface area contributed by atoms with Gasteiger partial charge in [0.1, 0.15) is 12.6 Å². The van der Waals surface area contributed by atoms with Crippen LogP contribution in [0.4, 0.5) is 0 Å². The predicted octanol–water partition coefficient (Wildman–Crippen LogP) is 12.6. The fourth-order valence-electron chi connectivity index (χ4n) is 7.11. The number of carbonyl (C=O) groups excluding carboxylic acids is 3. The number of rotatable bonds is 44. The van der Waals surface area contributed by atoms with Crippen LogP contribution in [0.25, 0.3) is 0 Å². The summed E-state index contributed by atoms with van der Waals surface area (Å²) in [6, 6.07) is -0.732. The number of carboxylic acids is 1. The van der Waals surface area contributed by atoms with Gasteiger partial charge in [0.25, 0.3) is 0 Å². The fraction of sp³-hybridized carbons (Fsp3) is 0.788. The second-order valence-electron chi connectivity index (χ2n) is 17.8. The first kappa shape index (κ1) is 57.3. The Hall–Kier alpha value is -2.71. The molecule has 8 nitrogen and oxygen atoms in total. The molecule has 60 heavy (non-hydrogen) atoms. The molecular formula is C52H93NO7. The van der Waals surface area contributed by atoms with E-state index in [9.17, 15) is 19.5 Å². The zero-order valence-corrected chi connectivity index (χ0v) is 39.6. The lowest BCUT2D eigenvalue weighted by Crippen LogP contribution is -2.55. The van der Waals surface area contributed by atoms with E-state index in [2.05, 4.69) is 62.5 Å². The van der Waals surface area contributed by atoms with Crippen LogP contribution in [0, 0.1) is 0 Å². The van der Waals surface area contributed by atoms with Crippen molar-refractivity contribution in [3.05, 3.63) is 48.6 Å². The maximum absolute atomic E-state index is 12.8. The summed E-state index contributed by atoms with van der Waals surface area (Å²) in [4.78, 5) is 37.0. The van der Waals surface area contributed by atoms with Gasteiger partial charge < -0.3 is 28.6 Å². The summed E-state index contributed by atoms with van der Waals surface area (Å²) in [6.07, 6.45) is 51.3. The van der Waals surface area contributed by atoms with Gasteiger partial charge in [0, 0.05) is 19.3 Å². The number of quaternary nitrogens is 1. The van der Waals surface area contributed by atoms with Gasteiger partial charge in [0.15, 0.2) is 6.10 Å². The molecule has 0 saturated carbocycles. The number of carbonyl (C=O) groups is 3. The lowest BCUT2D eigenvalue weighted by atomic mass is 10.1. The first-order chi connectivity index (χ1) is 29.1. The molecule has 0 aromatic rings. The standard InChI is InChI=1S/C52H93NO7/c1-6-8-10-12-14-16-18-20-22-24-26-28-30-32-34-36-38-40-42-50(54)59-47-48(46-58-45-44-49(52(56)57)53(3,4)5)60-51(55)43-41-39-37-35-33-31-29-27-25-23-21-19-17-15-13-11-9-7-2/h22-29,48-49H,6-21,30-47H2,1-5H3/b24-22+,25-23+,28-26+,29-27+. The third kappa shape index (κ3) is 40.7. The summed E-state index contributed by atoms with van der Waals surface area (Å²) in [6.45, 7) is 4.63. The van der Waals surface area contributed by atoms with Crippen molar-refractivity contribution in [3.63, 3.8) is 0 Å². The second kappa shape index (κ2) is 43.0. The van der Waals surface area contributed by atoms with E-state index in [-0.39, 0.29) is 42.7 Å². The quantitative estimate of drug-likeness (QED) is 0.0260. The van der Waals surface area contributed by atoms with Gasteiger partial charge in [0.05, 0.1) is 40.3 Å². The molecule has 0 heterocycles. The molecule has 0 amide bonds. The molecule has 0 aliphatic carbocycles. The highest BCUT2D eigenvalue weighted by Crippen LogP contribution is 2.14. The highest BCUT2D eigenvalue weighted by molar-refractivity contribution is 5.70. The number of esters is 2. The topological polar surface area (TPSA) is 102 Å². The molecule has 0 aliphatic heterocycles. The molecule has 0 radical (unpaired) electrons. The number of carboxylic acid groups (broad SMARTS) is 1. The molecule has 0 rings (SSSR count). The number of allylic oxidation sites excluding steroid dienone is 8. The van der Waals surface area contributed by atoms with Crippen LogP contribution in [0.5, 0.6) is 0 Å². The van der Waals surface area contributed by atoms with Crippen molar-refractivity contribution in [3.8, 4) is 0 Å². The molecule has 0 spiro atoms. The van der Waals surface area contributed by atoms with Crippen LogP contribution in [-0.2, 0) is 28.6 Å². The Morgan fingerprint density at radius 2 is 0.867 bits per heavy atom. The Labute approximate surface area is 369 Å². The first-order valence-electron chi connectivity index (χ1n) is 24.7. The van der Waals surface area contributed by atoms with E-state index in [0.29, 0.717) is 12.8 Å². The molecule has 0 aromatic carbocycles. The van der Waals surface area contributed by atoms with Crippen molar-refractivity contribution in [1.29, 1.82) is 0 Å². The van der Waals surface area contributed by atoms with E-state index in [1.165, 1.54) is 103 Å². The Morgan fingerprint density at radius 1 is 0.500 bits per heavy atom. The fourth-order valence-corrected chi connectivity index (χ4v) is 7.11. The lowest BCUT2D eigenvalue weighted by Gasteiger charge is -2.34. The van der Waals surface area contributed by atoms with Crippen molar-refractivity contribution in [1.82, 2.24) is 0 Å². The second-order valence-corrected chi connectivity index (χ2v) is 17.8. The number of nitrogens with zero attached hydrogens (tertiary/aromatic N) is 1. The summed E-state index contributed by atoms with van der Waals surface area (Å²) in [5.74, 6) is -1.77. The average molecular weight is 844 g/mol. The van der Waals surface area contributed by atoms with Crippen LogP contribution in [-0.4, -0.2) is 75.5 Å². The van der Waals surface area contributed by atoms with E-state index in [1.807, 2.05) is 0 Å². The van der Waals surface area contributed by atoms with Crippen LogP contribution in [0.3, 0.4) is 0 Å². The molecule has 0 N–H and O–H groups in total. The van der Waals surface area contributed by atoms with Crippen LogP contribution in [0.1, 0.15) is 213 Å². The maximum atomic E-state index is 12.8. The van der Waals surface area contributed by atoms with Crippen LogP contribution in [0.15, 0.2) is 48.6 Å². The van der Waals surface area contributed by atoms with E-state index in [4.69, 9.17) is 14.2 Å². The Kier molecular flexibility index (Phi) is 41.0. The van der Waals surface area contributed by atoms with Gasteiger partial charge in [0.2, 0.25) is 0 Å². The van der Waals surface area contributed by atoms with E-state index >= 15 is 0 Å². The summed E-state index contributed by atoms with van der Waals surface area (Å²) in [5, 5.41) is 11.6. The number of aliphatic carboxylic acids is 1. The van der Waals surface area contributed by atoms with Crippen LogP contribution >= 0.6 is 0 Å². The summed E-state index contributed by atoms with van der Waals surface area (Å²) < 4.78 is 17.2. The third-order valence-corrected chi connectivity index (χ3v) is 11.0. The maximum Gasteiger partial charge on any atom is 0.306 e. The van der Waals surface area contributed by atoms with Gasteiger partial charge in [-0.25, -0.2) is 0 Å². The molecule has 0 aliphatic rings. The van der Waals surface area contributed by atoms with Crippen LogP contribution < -0.4 is 5.11 Å². The predicted molar refractivity (Wildman–Crippen MR) is 250 cm³/mol. The minimum atomic E-state index is -1.13. The lowest BCUT2D eigenvalue weighted by molar-refractivity contribution is -0.889. The Morgan fingerprint density at radius 3 is 1.25 bits per heavy atom. The van der Waals surface area contributed by atoms with Gasteiger partial charge in [-0.15, -0.1) is 0 Å². The van der Waals surface area contributed by atoms with Gasteiger partial charge in [-0.3, -0.25) is 9.59 Å². The SMILES string of the molecule is CCCCCCCCC/C=C/C=C/CCCCCCCC(=O)OCC(COCCC(C(=O)[O-])[N+](C)(C)C)OC(=O)CCCCCCC/C=C/C=C/CCCCCCCCC. The highest BCUT2D eigenvalue weighted by atomic mass is 16.6. The monoisotopic (exact) mass is 844 g/mol. The van der Waals surface area contributed by atoms with Gasteiger partial charge >= 0.3 is 11.9 Å². The van der Waals surface area contributed by atoms with E-state index in [1.54, 1.807) is 21.1 Å². The summed E-state index contributed by atoms with van der Waals surface area (Å²) >= 11 is 0. The minimum Gasteiger partial charge on any atom is -0.544 e. The zero-order chi connectivity index (χ0) is 44.2. The number of hydrogen-bond donors (Lipinski definition) is 0. The van der Waals surface area contributed by atoms with Crippen molar-refractivity contribution in [2.75, 3.05) is 41.0 Å². The third-order valence-electron chi connectivity index (χ3n) is 11.0. The minimum absolute atomic E-state index is 0.0290. The largest absolute Gasteiger partial charge is 0.544 e. The van der Waals surface area contributed by atoms with E-state index in [0.717, 1.165) is 77.0 Å². The van der Waals surface area contributed by atoms with Crippen molar-refractivity contribution < 1.29 is 38.2 Å². The molecule has 2 atom stereocenters. The number of unbranched alkanes of at least 4 members (excludes halogenated alkanes) is 24. The van der Waals surface area contributed by atoms with Gasteiger partial charge in [-0.05, 0) is 64.2 Å². The summed E-state index contributed by atoms with van der Waals surface area (Å²) in [7, 11) is 5.40. The van der Waals surface area contributed by atoms with Crippen molar-refractivity contribution >= 4 is 17.9 Å². The average Bonchev–Trinajstić information content (AvgIpc) is 3.21. The molecule has 8 heteroatoms. The Bertz CT molecular complexity index is 1120. The van der Waals surface area contributed by atoms with Crippen LogP contribution in [0.2, 0.25) is 0 Å². The van der Waals surface area contributed by atoms with E-state index < -0.39 is 18.1 Å². The molecule has 0 aromatic heterocycles. The van der Waals surface area contributed by atoms with Gasteiger partial charge in [-0.2, -0.15) is 0 Å². The first-order valence-corrected chi connectivity index (χ1v) is 24.7. The molecule has 2 unspecified atom stereocenters. The highest BCUT2D eigenvalue weighted by Gasteiger charge is 2.25. The Balaban J connectivity index is 4.34. The van der Waals surface area contributed by atoms with Crippen molar-refractivity contribution in [2.45, 2.75) is 225 Å². The normalized spacial score (nSPS) is 13.3.